The lowest BCUT2D eigenvalue weighted by molar-refractivity contribution is 0.0731. The van der Waals surface area contributed by atoms with Crippen LogP contribution in [0.4, 0.5) is 0 Å². The van der Waals surface area contributed by atoms with Crippen LogP contribution in [0.5, 0.6) is 11.5 Å². The summed E-state index contributed by atoms with van der Waals surface area (Å²) >= 11 is 1.40. The van der Waals surface area contributed by atoms with Gasteiger partial charge >= 0.3 is 5.97 Å². The first kappa shape index (κ1) is 16.1. The smallest absolute Gasteiger partial charge is 0.347 e. The van der Waals surface area contributed by atoms with Gasteiger partial charge in [-0.1, -0.05) is 18.2 Å². The molecule has 1 aromatic heterocycles. The van der Waals surface area contributed by atoms with Crippen LogP contribution in [0.25, 0.3) is 5.69 Å². The molecule has 1 heterocycles. The maximum absolute atomic E-state index is 12.5. The van der Waals surface area contributed by atoms with Crippen LogP contribution in [0.15, 0.2) is 65.8 Å². The molecule has 122 valence electrons. The summed E-state index contributed by atoms with van der Waals surface area (Å²) < 4.78 is 12.2. The predicted molar refractivity (Wildman–Crippen MR) is 93.3 cm³/mol. The second-order valence-corrected chi connectivity index (χ2v) is 5.69. The maximum atomic E-state index is 12.5. The van der Waals surface area contributed by atoms with Crippen molar-refractivity contribution < 1.29 is 14.3 Å². The quantitative estimate of drug-likeness (QED) is 0.401. The average Bonchev–Trinajstić information content (AvgIpc) is 3.08. The van der Waals surface area contributed by atoms with Crippen molar-refractivity contribution >= 4 is 17.7 Å². The Hall–Kier alpha value is -2.73. The summed E-state index contributed by atoms with van der Waals surface area (Å²) in [5, 5.41) is 5.07. The van der Waals surface area contributed by atoms with Crippen molar-refractivity contribution in [2.75, 3.05) is 13.4 Å². The van der Waals surface area contributed by atoms with Crippen LogP contribution in [0, 0.1) is 0 Å². The second-order valence-electron chi connectivity index (χ2n) is 4.90. The number of hydrogen-bond donors (Lipinski definition) is 0. The Labute approximate surface area is 144 Å². The average molecular weight is 340 g/mol. The third-order valence-corrected chi connectivity index (χ3v) is 4.07. The van der Waals surface area contributed by atoms with E-state index in [4.69, 9.17) is 9.47 Å². The highest BCUT2D eigenvalue weighted by molar-refractivity contribution is 7.98. The molecule has 3 rings (SSSR count). The molecule has 0 aliphatic carbocycles. The summed E-state index contributed by atoms with van der Waals surface area (Å²) in [7, 11) is 1.59. The molecule has 0 aliphatic rings. The van der Waals surface area contributed by atoms with E-state index >= 15 is 0 Å². The fourth-order valence-electron chi connectivity index (χ4n) is 2.17. The minimum absolute atomic E-state index is 0.433. The van der Waals surface area contributed by atoms with E-state index in [0.29, 0.717) is 22.1 Å². The first-order chi connectivity index (χ1) is 11.7. The summed E-state index contributed by atoms with van der Waals surface area (Å²) in [5.41, 5.74) is 1.32. The van der Waals surface area contributed by atoms with Gasteiger partial charge in [0, 0.05) is 6.20 Å². The molecule has 0 radical (unpaired) electrons. The van der Waals surface area contributed by atoms with Gasteiger partial charge in [0.05, 0.1) is 12.8 Å². The van der Waals surface area contributed by atoms with Crippen LogP contribution in [0.3, 0.4) is 0 Å². The zero-order valence-corrected chi connectivity index (χ0v) is 14.1. The normalized spacial score (nSPS) is 10.4. The lowest BCUT2D eigenvalue weighted by Crippen LogP contribution is -2.08. The number of hydrogen-bond acceptors (Lipinski definition) is 5. The number of carbonyl (C=O) groups is 1. The number of thioether (sulfide) groups is 1. The summed E-state index contributed by atoms with van der Waals surface area (Å²) in [4.78, 5) is 12.5. The molecule has 0 aliphatic heterocycles. The standard InChI is InChI=1S/C18H16N2O3S/c1-22-14-8-10-15(11-9-14)23-18(21)16-12-20(19-17(16)24-2)13-6-4-3-5-7-13/h3-12H,1-2H3. The largest absolute Gasteiger partial charge is 0.497 e. The Kier molecular flexibility index (Phi) is 4.86. The number of esters is 1. The van der Waals surface area contributed by atoms with Gasteiger partial charge < -0.3 is 9.47 Å². The molecule has 3 aromatic rings. The molecule has 0 saturated carbocycles. The van der Waals surface area contributed by atoms with Gasteiger partial charge in [-0.25, -0.2) is 9.48 Å². The number of aromatic nitrogens is 2. The molecular formula is C18H16N2O3S. The summed E-state index contributed by atoms with van der Waals surface area (Å²) in [5.74, 6) is 0.725. The Morgan fingerprint density at radius 3 is 2.33 bits per heavy atom. The van der Waals surface area contributed by atoms with Gasteiger partial charge in [-0.2, -0.15) is 5.10 Å². The van der Waals surface area contributed by atoms with E-state index in [1.807, 2.05) is 36.6 Å². The van der Waals surface area contributed by atoms with Crippen LogP contribution in [0.1, 0.15) is 10.4 Å². The summed E-state index contributed by atoms with van der Waals surface area (Å²) in [6, 6.07) is 16.5. The van der Waals surface area contributed by atoms with Crippen LogP contribution in [-0.4, -0.2) is 29.1 Å². The molecule has 5 nitrogen and oxygen atoms in total. The van der Waals surface area contributed by atoms with E-state index in [9.17, 15) is 4.79 Å². The summed E-state index contributed by atoms with van der Waals surface area (Å²) in [6.07, 6.45) is 3.56. The fourth-order valence-corrected chi connectivity index (χ4v) is 2.69. The molecule has 0 atom stereocenters. The van der Waals surface area contributed by atoms with Gasteiger partial charge in [-0.05, 0) is 42.7 Å². The number of nitrogens with zero attached hydrogens (tertiary/aromatic N) is 2. The van der Waals surface area contributed by atoms with Crippen molar-refractivity contribution in [3.63, 3.8) is 0 Å². The molecular weight excluding hydrogens is 324 g/mol. The second kappa shape index (κ2) is 7.23. The minimum Gasteiger partial charge on any atom is -0.497 e. The van der Waals surface area contributed by atoms with Crippen molar-refractivity contribution in [1.29, 1.82) is 0 Å². The van der Waals surface area contributed by atoms with Crippen LogP contribution in [-0.2, 0) is 0 Å². The van der Waals surface area contributed by atoms with Crippen molar-refractivity contribution in [3.8, 4) is 17.2 Å². The molecule has 0 fully saturated rings. The highest BCUT2D eigenvalue weighted by Gasteiger charge is 2.18. The van der Waals surface area contributed by atoms with Crippen molar-refractivity contribution in [1.82, 2.24) is 9.78 Å². The van der Waals surface area contributed by atoms with E-state index in [1.165, 1.54) is 11.8 Å². The number of benzene rings is 2. The van der Waals surface area contributed by atoms with E-state index in [-0.39, 0.29) is 0 Å². The number of carbonyl (C=O) groups excluding carboxylic acids is 1. The van der Waals surface area contributed by atoms with Crippen LogP contribution < -0.4 is 9.47 Å². The van der Waals surface area contributed by atoms with Gasteiger partial charge in [0.25, 0.3) is 0 Å². The SMILES string of the molecule is COc1ccc(OC(=O)c2cn(-c3ccccc3)nc2SC)cc1. The lowest BCUT2D eigenvalue weighted by atomic mass is 10.3. The molecule has 24 heavy (non-hydrogen) atoms. The topological polar surface area (TPSA) is 53.4 Å². The monoisotopic (exact) mass is 340 g/mol. The van der Waals surface area contributed by atoms with Crippen LogP contribution in [0.2, 0.25) is 0 Å². The first-order valence-electron chi connectivity index (χ1n) is 7.26. The van der Waals surface area contributed by atoms with Crippen molar-refractivity contribution in [3.05, 3.63) is 66.4 Å². The van der Waals surface area contributed by atoms with E-state index in [1.54, 1.807) is 42.3 Å². The molecule has 0 bridgehead atoms. The minimum atomic E-state index is -0.438. The molecule has 6 heteroatoms. The van der Waals surface area contributed by atoms with Crippen molar-refractivity contribution in [2.45, 2.75) is 5.03 Å². The Morgan fingerprint density at radius 1 is 1.04 bits per heavy atom. The van der Waals surface area contributed by atoms with Gasteiger partial charge in [0.2, 0.25) is 0 Å². The highest BCUT2D eigenvalue weighted by atomic mass is 32.2. The molecule has 0 spiro atoms. The third kappa shape index (κ3) is 3.44. The first-order valence-corrected chi connectivity index (χ1v) is 8.49. The molecule has 0 unspecified atom stereocenters. The van der Waals surface area contributed by atoms with Crippen LogP contribution >= 0.6 is 11.8 Å². The van der Waals surface area contributed by atoms with Crippen molar-refractivity contribution in [2.24, 2.45) is 0 Å². The summed E-state index contributed by atoms with van der Waals surface area (Å²) in [6.45, 7) is 0. The Bertz CT molecular complexity index is 829. The zero-order chi connectivity index (χ0) is 16.9. The molecule has 2 aromatic carbocycles. The third-order valence-electron chi connectivity index (χ3n) is 3.38. The zero-order valence-electron chi connectivity index (χ0n) is 13.3. The maximum Gasteiger partial charge on any atom is 0.347 e. The number of para-hydroxylation sites is 1. The fraction of sp³-hybridized carbons (Fsp3) is 0.111. The Balaban J connectivity index is 1.84. The molecule has 0 amide bonds. The van der Waals surface area contributed by atoms with E-state index in [2.05, 4.69) is 5.10 Å². The molecule has 0 saturated heterocycles. The lowest BCUT2D eigenvalue weighted by Gasteiger charge is -2.04. The van der Waals surface area contributed by atoms with E-state index in [0.717, 1.165) is 5.69 Å². The molecule has 0 N–H and O–H groups in total. The van der Waals surface area contributed by atoms with Gasteiger partial charge in [0.15, 0.2) is 0 Å². The number of rotatable bonds is 5. The van der Waals surface area contributed by atoms with Gasteiger partial charge in [-0.15, -0.1) is 11.8 Å². The number of ether oxygens (including phenoxy) is 2. The predicted octanol–water partition coefficient (Wildman–Crippen LogP) is 3.82. The highest BCUT2D eigenvalue weighted by Crippen LogP contribution is 2.23. The van der Waals surface area contributed by atoms with E-state index < -0.39 is 5.97 Å². The van der Waals surface area contributed by atoms with Gasteiger partial charge in [-0.3, -0.25) is 0 Å². The van der Waals surface area contributed by atoms with Gasteiger partial charge in [0.1, 0.15) is 22.1 Å². The number of methoxy groups -OCH3 is 1. The Morgan fingerprint density at radius 2 is 1.71 bits per heavy atom.